The van der Waals surface area contributed by atoms with Crippen molar-refractivity contribution in [2.24, 2.45) is 0 Å². The first kappa shape index (κ1) is 17.6. The summed E-state index contributed by atoms with van der Waals surface area (Å²) in [6, 6.07) is 8.28. The van der Waals surface area contributed by atoms with Crippen molar-refractivity contribution in [3.05, 3.63) is 59.0 Å². The number of carbonyl (C=O) groups excluding carboxylic acids is 1. The fourth-order valence-electron chi connectivity index (χ4n) is 3.07. The molecule has 1 aliphatic rings. The van der Waals surface area contributed by atoms with E-state index in [0.29, 0.717) is 11.4 Å². The lowest BCUT2D eigenvalue weighted by molar-refractivity contribution is 0.102. The lowest BCUT2D eigenvalue weighted by Gasteiger charge is -2.15. The molecule has 7 heteroatoms. The summed E-state index contributed by atoms with van der Waals surface area (Å²) in [5.41, 5.74) is 2.43. The number of anilines is 2. The fourth-order valence-corrected chi connectivity index (χ4v) is 3.86. The lowest BCUT2D eigenvalue weighted by Crippen LogP contribution is -2.18. The van der Waals surface area contributed by atoms with Crippen LogP contribution in [0.2, 0.25) is 0 Å². The van der Waals surface area contributed by atoms with Gasteiger partial charge in [-0.25, -0.2) is 14.4 Å². The van der Waals surface area contributed by atoms with E-state index in [2.05, 4.69) is 20.2 Å². The van der Waals surface area contributed by atoms with E-state index >= 15 is 0 Å². The Labute approximate surface area is 160 Å². The predicted octanol–water partition coefficient (Wildman–Crippen LogP) is 4.51. The van der Waals surface area contributed by atoms with Crippen molar-refractivity contribution in [2.45, 2.75) is 19.8 Å². The van der Waals surface area contributed by atoms with Gasteiger partial charge in [-0.05, 0) is 49.6 Å². The van der Waals surface area contributed by atoms with Crippen LogP contribution < -0.4 is 10.2 Å². The molecule has 1 fully saturated rings. The van der Waals surface area contributed by atoms with Crippen molar-refractivity contribution in [3.8, 4) is 10.6 Å². The van der Waals surface area contributed by atoms with E-state index in [4.69, 9.17) is 0 Å². The van der Waals surface area contributed by atoms with Crippen molar-refractivity contribution in [2.75, 3.05) is 23.3 Å². The second-order valence-electron chi connectivity index (χ2n) is 6.55. The number of thiazole rings is 1. The maximum atomic E-state index is 13.4. The maximum absolute atomic E-state index is 13.4. The molecule has 0 spiro atoms. The standard InChI is InChI=1S/C20H19FN4OS/c1-13-4-6-15(21)10-16(13)23-19(26)17-12-27-20(24-17)14-5-7-18(22-11-14)25-8-2-3-9-25/h4-7,10-12H,2-3,8-9H2,1H3,(H,23,26). The number of hydrogen-bond donors (Lipinski definition) is 1. The van der Waals surface area contributed by atoms with Gasteiger partial charge < -0.3 is 10.2 Å². The molecule has 3 heterocycles. The van der Waals surface area contributed by atoms with Crippen LogP contribution in [0, 0.1) is 12.7 Å². The van der Waals surface area contributed by atoms with E-state index in [0.717, 1.165) is 35.0 Å². The van der Waals surface area contributed by atoms with Gasteiger partial charge in [-0.3, -0.25) is 4.79 Å². The van der Waals surface area contributed by atoms with E-state index in [1.165, 1.54) is 36.3 Å². The average Bonchev–Trinajstić information content (AvgIpc) is 3.37. The van der Waals surface area contributed by atoms with Crippen molar-refractivity contribution in [1.29, 1.82) is 0 Å². The number of aromatic nitrogens is 2. The van der Waals surface area contributed by atoms with Crippen LogP contribution in [-0.4, -0.2) is 29.0 Å². The molecule has 1 N–H and O–H groups in total. The number of amides is 1. The molecule has 5 nitrogen and oxygen atoms in total. The highest BCUT2D eigenvalue weighted by molar-refractivity contribution is 7.13. The van der Waals surface area contributed by atoms with E-state index in [-0.39, 0.29) is 11.7 Å². The van der Waals surface area contributed by atoms with E-state index in [1.54, 1.807) is 17.6 Å². The zero-order valence-electron chi connectivity index (χ0n) is 14.9. The van der Waals surface area contributed by atoms with Gasteiger partial charge in [-0.1, -0.05) is 6.07 Å². The Kier molecular flexibility index (Phi) is 4.85. The third-order valence-corrected chi connectivity index (χ3v) is 5.50. The summed E-state index contributed by atoms with van der Waals surface area (Å²) in [6.45, 7) is 3.91. The molecule has 0 bridgehead atoms. The number of halogens is 1. The van der Waals surface area contributed by atoms with Crippen LogP contribution in [0.15, 0.2) is 41.9 Å². The summed E-state index contributed by atoms with van der Waals surface area (Å²) in [6.07, 6.45) is 4.21. The summed E-state index contributed by atoms with van der Waals surface area (Å²) < 4.78 is 13.4. The molecular weight excluding hydrogens is 363 g/mol. The first-order valence-corrected chi connectivity index (χ1v) is 9.72. The SMILES string of the molecule is Cc1ccc(F)cc1NC(=O)c1csc(-c2ccc(N3CCCC3)nc2)n1. The van der Waals surface area contributed by atoms with E-state index < -0.39 is 0 Å². The summed E-state index contributed by atoms with van der Waals surface area (Å²) in [7, 11) is 0. The van der Waals surface area contributed by atoms with Gasteiger partial charge in [0.25, 0.3) is 5.91 Å². The van der Waals surface area contributed by atoms with Gasteiger partial charge in [-0.2, -0.15) is 0 Å². The van der Waals surface area contributed by atoms with Crippen LogP contribution in [0.25, 0.3) is 10.6 Å². The number of carbonyl (C=O) groups is 1. The number of nitrogens with one attached hydrogen (secondary N) is 1. The van der Waals surface area contributed by atoms with Crippen molar-refractivity contribution in [1.82, 2.24) is 9.97 Å². The summed E-state index contributed by atoms with van der Waals surface area (Å²) in [5, 5.41) is 5.16. The largest absolute Gasteiger partial charge is 0.357 e. The van der Waals surface area contributed by atoms with Gasteiger partial charge >= 0.3 is 0 Å². The molecule has 1 aliphatic heterocycles. The number of benzene rings is 1. The number of pyridine rings is 1. The van der Waals surface area contributed by atoms with Gasteiger partial charge in [0.15, 0.2) is 0 Å². The molecule has 138 valence electrons. The molecule has 4 rings (SSSR count). The zero-order valence-corrected chi connectivity index (χ0v) is 15.7. The van der Waals surface area contributed by atoms with Crippen molar-refractivity contribution >= 4 is 28.7 Å². The fraction of sp³-hybridized carbons (Fsp3) is 0.250. The summed E-state index contributed by atoms with van der Waals surface area (Å²) in [4.78, 5) is 23.7. The molecule has 0 saturated carbocycles. The molecule has 0 unspecified atom stereocenters. The molecule has 3 aromatic rings. The first-order chi connectivity index (χ1) is 13.1. The van der Waals surface area contributed by atoms with Crippen molar-refractivity contribution in [3.63, 3.8) is 0 Å². The zero-order chi connectivity index (χ0) is 18.8. The third kappa shape index (κ3) is 3.83. The molecule has 0 atom stereocenters. The minimum absolute atomic E-state index is 0.308. The number of nitrogens with zero attached hydrogens (tertiary/aromatic N) is 3. The van der Waals surface area contributed by atoms with E-state index in [9.17, 15) is 9.18 Å². The Bertz CT molecular complexity index is 964. The molecule has 2 aromatic heterocycles. The smallest absolute Gasteiger partial charge is 0.275 e. The Morgan fingerprint density at radius 2 is 2.04 bits per heavy atom. The average molecular weight is 382 g/mol. The second-order valence-corrected chi connectivity index (χ2v) is 7.41. The van der Waals surface area contributed by atoms with Crippen LogP contribution in [0.4, 0.5) is 15.9 Å². The van der Waals surface area contributed by atoms with Crippen LogP contribution in [-0.2, 0) is 0 Å². The Morgan fingerprint density at radius 3 is 2.78 bits per heavy atom. The van der Waals surface area contributed by atoms with Gasteiger partial charge in [0, 0.05) is 35.9 Å². The molecule has 27 heavy (non-hydrogen) atoms. The van der Waals surface area contributed by atoms with Crippen LogP contribution in [0.5, 0.6) is 0 Å². The molecule has 1 aromatic carbocycles. The first-order valence-electron chi connectivity index (χ1n) is 8.84. The van der Waals surface area contributed by atoms with Crippen LogP contribution in [0.1, 0.15) is 28.9 Å². The lowest BCUT2D eigenvalue weighted by atomic mass is 10.2. The Hall–Kier alpha value is -2.80. The molecule has 0 aliphatic carbocycles. The van der Waals surface area contributed by atoms with Gasteiger partial charge in [0.2, 0.25) is 0 Å². The Balaban J connectivity index is 1.49. The number of rotatable bonds is 4. The number of hydrogen-bond acceptors (Lipinski definition) is 5. The topological polar surface area (TPSA) is 58.1 Å². The van der Waals surface area contributed by atoms with Crippen molar-refractivity contribution < 1.29 is 9.18 Å². The summed E-state index contributed by atoms with van der Waals surface area (Å²) in [5.74, 6) is 0.235. The Morgan fingerprint density at radius 1 is 1.22 bits per heavy atom. The highest BCUT2D eigenvalue weighted by Gasteiger charge is 2.16. The normalized spacial score (nSPS) is 13.8. The summed E-state index contributed by atoms with van der Waals surface area (Å²) >= 11 is 1.39. The van der Waals surface area contributed by atoms with Gasteiger partial charge in [0.1, 0.15) is 22.3 Å². The number of aryl methyl sites for hydroxylation is 1. The quantitative estimate of drug-likeness (QED) is 0.722. The molecular formula is C20H19FN4OS. The highest BCUT2D eigenvalue weighted by Crippen LogP contribution is 2.26. The third-order valence-electron chi connectivity index (χ3n) is 4.61. The minimum Gasteiger partial charge on any atom is -0.357 e. The molecule has 1 amide bonds. The van der Waals surface area contributed by atoms with Gasteiger partial charge in [-0.15, -0.1) is 11.3 Å². The second kappa shape index (κ2) is 7.44. The van der Waals surface area contributed by atoms with Crippen LogP contribution >= 0.6 is 11.3 Å². The molecule has 1 saturated heterocycles. The molecule has 0 radical (unpaired) electrons. The highest BCUT2D eigenvalue weighted by atomic mass is 32.1. The monoisotopic (exact) mass is 382 g/mol. The minimum atomic E-state index is -0.390. The van der Waals surface area contributed by atoms with Crippen LogP contribution in [0.3, 0.4) is 0 Å². The maximum Gasteiger partial charge on any atom is 0.275 e. The van der Waals surface area contributed by atoms with Gasteiger partial charge in [0.05, 0.1) is 0 Å². The van der Waals surface area contributed by atoms with E-state index in [1.807, 2.05) is 19.1 Å². The predicted molar refractivity (Wildman–Crippen MR) is 106 cm³/mol.